The minimum atomic E-state index is -0.671. The summed E-state index contributed by atoms with van der Waals surface area (Å²) < 4.78 is 23.9. The summed E-state index contributed by atoms with van der Waals surface area (Å²) in [5, 5.41) is 0. The molecular formula is C10H16F2. The molecule has 0 heterocycles. The fourth-order valence-electron chi connectivity index (χ4n) is 0.882. The summed E-state index contributed by atoms with van der Waals surface area (Å²) in [4.78, 5) is 0. The molecule has 0 aromatic carbocycles. The lowest BCUT2D eigenvalue weighted by Gasteiger charge is -1.97. The summed E-state index contributed by atoms with van der Waals surface area (Å²) in [6.07, 6.45) is 5.32. The first-order chi connectivity index (χ1) is 5.74. The van der Waals surface area contributed by atoms with Crippen molar-refractivity contribution in [3.05, 3.63) is 23.3 Å². The molecule has 70 valence electrons. The Labute approximate surface area is 73.0 Å². The molecule has 0 atom stereocenters. The summed E-state index contributed by atoms with van der Waals surface area (Å²) >= 11 is 0. The largest absolute Gasteiger partial charge is 0.246 e. The lowest BCUT2D eigenvalue weighted by atomic mass is 10.1. The van der Waals surface area contributed by atoms with E-state index < -0.39 is 13.3 Å². The maximum atomic E-state index is 12.0. The molecule has 0 amide bonds. The summed E-state index contributed by atoms with van der Waals surface area (Å²) in [6, 6.07) is 0. The molecule has 0 aliphatic carbocycles. The van der Waals surface area contributed by atoms with Crippen molar-refractivity contribution in [1.82, 2.24) is 0 Å². The number of hydrogen-bond acceptors (Lipinski definition) is 0. The number of halogens is 2. The topological polar surface area (TPSA) is 0 Å². The third kappa shape index (κ3) is 5.05. The predicted molar refractivity (Wildman–Crippen MR) is 48.7 cm³/mol. The Bertz CT molecular complexity index is 163. The first-order valence-electron chi connectivity index (χ1n) is 4.20. The van der Waals surface area contributed by atoms with Gasteiger partial charge in [0.25, 0.3) is 0 Å². The van der Waals surface area contributed by atoms with Gasteiger partial charge in [0.05, 0.1) is 0 Å². The summed E-state index contributed by atoms with van der Waals surface area (Å²) in [5.74, 6) is 0. The van der Waals surface area contributed by atoms with Crippen LogP contribution in [0.5, 0.6) is 0 Å². The van der Waals surface area contributed by atoms with Crippen molar-refractivity contribution in [3.8, 4) is 0 Å². The van der Waals surface area contributed by atoms with Gasteiger partial charge in [-0.25, -0.2) is 8.78 Å². The Morgan fingerprint density at radius 1 is 1.17 bits per heavy atom. The highest BCUT2D eigenvalue weighted by atomic mass is 19.1. The normalized spacial score (nSPS) is 11.5. The van der Waals surface area contributed by atoms with Gasteiger partial charge in [-0.1, -0.05) is 24.6 Å². The fraction of sp³-hybridized carbons (Fsp3) is 0.600. The van der Waals surface area contributed by atoms with Gasteiger partial charge in [0.1, 0.15) is 13.3 Å². The molecule has 0 fully saturated rings. The van der Waals surface area contributed by atoms with Crippen LogP contribution in [0.25, 0.3) is 0 Å². The Hall–Kier alpha value is -0.660. The molecular weight excluding hydrogens is 158 g/mol. The van der Waals surface area contributed by atoms with Crippen LogP contribution in [-0.4, -0.2) is 13.3 Å². The van der Waals surface area contributed by atoms with Crippen LogP contribution >= 0.6 is 0 Å². The van der Waals surface area contributed by atoms with E-state index in [4.69, 9.17) is 0 Å². The molecule has 0 rings (SSSR count). The van der Waals surface area contributed by atoms with Crippen molar-refractivity contribution >= 4 is 0 Å². The fourth-order valence-corrected chi connectivity index (χ4v) is 0.882. The van der Waals surface area contributed by atoms with Gasteiger partial charge in [-0.2, -0.15) is 0 Å². The standard InChI is InChI=1S/C10H16F2/c1-3-4-9(2)5-6-10(7-11)8-12/h4,6H,3,5,7-8H2,1-2H3/b9-4-. The lowest BCUT2D eigenvalue weighted by molar-refractivity contribution is 0.473. The molecule has 0 saturated carbocycles. The van der Waals surface area contributed by atoms with Crippen molar-refractivity contribution in [2.24, 2.45) is 0 Å². The smallest absolute Gasteiger partial charge is 0.113 e. The van der Waals surface area contributed by atoms with Crippen LogP contribution in [0.15, 0.2) is 23.3 Å². The highest BCUT2D eigenvalue weighted by Gasteiger charge is 1.94. The van der Waals surface area contributed by atoms with E-state index in [0.717, 1.165) is 12.0 Å². The van der Waals surface area contributed by atoms with Crippen LogP contribution in [0.4, 0.5) is 8.78 Å². The van der Waals surface area contributed by atoms with Gasteiger partial charge in [0.15, 0.2) is 0 Å². The molecule has 0 spiro atoms. The van der Waals surface area contributed by atoms with Crippen molar-refractivity contribution < 1.29 is 8.78 Å². The van der Waals surface area contributed by atoms with E-state index in [1.54, 1.807) is 6.08 Å². The summed E-state index contributed by atoms with van der Waals surface area (Å²) in [6.45, 7) is 2.67. The first kappa shape index (κ1) is 11.3. The molecule has 0 nitrogen and oxygen atoms in total. The molecule has 0 bridgehead atoms. The third-order valence-corrected chi connectivity index (χ3v) is 1.61. The van der Waals surface area contributed by atoms with Crippen LogP contribution in [0.1, 0.15) is 26.7 Å². The van der Waals surface area contributed by atoms with Crippen LogP contribution in [0.3, 0.4) is 0 Å². The van der Waals surface area contributed by atoms with Gasteiger partial charge in [-0.05, 0) is 25.3 Å². The van der Waals surface area contributed by atoms with Crippen LogP contribution in [0.2, 0.25) is 0 Å². The number of alkyl halides is 2. The second-order valence-electron chi connectivity index (χ2n) is 2.79. The maximum absolute atomic E-state index is 12.0. The molecule has 0 aromatic heterocycles. The molecule has 2 heteroatoms. The maximum Gasteiger partial charge on any atom is 0.113 e. The van der Waals surface area contributed by atoms with E-state index in [1.165, 1.54) is 0 Å². The van der Waals surface area contributed by atoms with Gasteiger partial charge >= 0.3 is 0 Å². The minimum Gasteiger partial charge on any atom is -0.246 e. The Morgan fingerprint density at radius 3 is 2.17 bits per heavy atom. The van der Waals surface area contributed by atoms with Gasteiger partial charge in [0.2, 0.25) is 0 Å². The molecule has 0 aliphatic heterocycles. The van der Waals surface area contributed by atoms with Crippen molar-refractivity contribution in [1.29, 1.82) is 0 Å². The molecule has 0 aliphatic rings. The average Bonchev–Trinajstić information content (AvgIpc) is 2.07. The zero-order valence-electron chi connectivity index (χ0n) is 7.74. The molecule has 0 unspecified atom stereocenters. The van der Waals surface area contributed by atoms with Gasteiger partial charge < -0.3 is 0 Å². The van der Waals surface area contributed by atoms with Crippen molar-refractivity contribution in [3.63, 3.8) is 0 Å². The minimum absolute atomic E-state index is 0.249. The molecule has 0 aromatic rings. The van der Waals surface area contributed by atoms with Crippen LogP contribution < -0.4 is 0 Å². The molecule has 0 radical (unpaired) electrons. The number of allylic oxidation sites excluding steroid dienone is 4. The van der Waals surface area contributed by atoms with E-state index in [-0.39, 0.29) is 5.57 Å². The Morgan fingerprint density at radius 2 is 1.75 bits per heavy atom. The van der Waals surface area contributed by atoms with Gasteiger partial charge in [0, 0.05) is 0 Å². The quantitative estimate of drug-likeness (QED) is 0.559. The second-order valence-corrected chi connectivity index (χ2v) is 2.79. The van der Waals surface area contributed by atoms with E-state index in [0.29, 0.717) is 6.42 Å². The van der Waals surface area contributed by atoms with Crippen molar-refractivity contribution in [2.45, 2.75) is 26.7 Å². The first-order valence-corrected chi connectivity index (χ1v) is 4.20. The highest BCUT2D eigenvalue weighted by Crippen LogP contribution is 2.06. The predicted octanol–water partition coefficient (Wildman–Crippen LogP) is 3.60. The SMILES string of the molecule is CC/C=C(/C)CC=C(CF)CF. The van der Waals surface area contributed by atoms with Crippen LogP contribution in [-0.2, 0) is 0 Å². The Balaban J connectivity index is 3.92. The zero-order valence-corrected chi connectivity index (χ0v) is 7.74. The summed E-state index contributed by atoms with van der Waals surface area (Å²) in [7, 11) is 0. The van der Waals surface area contributed by atoms with E-state index in [2.05, 4.69) is 6.08 Å². The van der Waals surface area contributed by atoms with Crippen LogP contribution in [0, 0.1) is 0 Å². The third-order valence-electron chi connectivity index (χ3n) is 1.61. The Kier molecular flexibility index (Phi) is 6.63. The molecule has 0 saturated heterocycles. The monoisotopic (exact) mass is 174 g/mol. The van der Waals surface area contributed by atoms with E-state index in [1.807, 2.05) is 13.8 Å². The lowest BCUT2D eigenvalue weighted by Crippen LogP contribution is -1.88. The number of rotatable bonds is 5. The second kappa shape index (κ2) is 7.01. The van der Waals surface area contributed by atoms with Gasteiger partial charge in [-0.15, -0.1) is 0 Å². The summed E-state index contributed by atoms with van der Waals surface area (Å²) in [5.41, 5.74) is 1.41. The average molecular weight is 174 g/mol. The van der Waals surface area contributed by atoms with Crippen molar-refractivity contribution in [2.75, 3.05) is 13.3 Å². The number of hydrogen-bond donors (Lipinski definition) is 0. The van der Waals surface area contributed by atoms with E-state index >= 15 is 0 Å². The molecule has 0 N–H and O–H groups in total. The van der Waals surface area contributed by atoms with E-state index in [9.17, 15) is 8.78 Å². The van der Waals surface area contributed by atoms with Gasteiger partial charge in [-0.3, -0.25) is 0 Å². The molecule has 12 heavy (non-hydrogen) atoms. The highest BCUT2D eigenvalue weighted by molar-refractivity contribution is 5.10. The zero-order chi connectivity index (χ0) is 9.40.